The zero-order valence-electron chi connectivity index (χ0n) is 10.6. The van der Waals surface area contributed by atoms with Gasteiger partial charge < -0.3 is 15.4 Å². The van der Waals surface area contributed by atoms with Crippen molar-refractivity contribution in [1.29, 1.82) is 0 Å². The van der Waals surface area contributed by atoms with E-state index in [0.717, 1.165) is 19.4 Å². The smallest absolute Gasteiger partial charge is 0.223 e. The lowest BCUT2D eigenvalue weighted by Gasteiger charge is -2.27. The van der Waals surface area contributed by atoms with Gasteiger partial charge in [0, 0.05) is 25.6 Å². The lowest BCUT2D eigenvalue weighted by atomic mass is 9.92. The fraction of sp³-hybridized carbons (Fsp3) is 0.917. The number of carbonyl (C=O) groups is 1. The number of nitrogens with one attached hydrogen (secondary N) is 2. The van der Waals surface area contributed by atoms with Crippen LogP contribution in [-0.4, -0.2) is 38.8 Å². The van der Waals surface area contributed by atoms with Gasteiger partial charge in [0.05, 0.1) is 6.61 Å². The van der Waals surface area contributed by atoms with Crippen LogP contribution < -0.4 is 10.6 Å². The average Bonchev–Trinajstić information content (AvgIpc) is 2.26. The van der Waals surface area contributed by atoms with Gasteiger partial charge in [-0.15, -0.1) is 0 Å². The van der Waals surface area contributed by atoms with E-state index in [9.17, 15) is 4.79 Å². The maximum Gasteiger partial charge on any atom is 0.223 e. The predicted molar refractivity (Wildman–Crippen MR) is 64.2 cm³/mol. The zero-order chi connectivity index (χ0) is 12.0. The van der Waals surface area contributed by atoms with Crippen molar-refractivity contribution >= 4 is 5.91 Å². The molecule has 4 nitrogen and oxygen atoms in total. The topological polar surface area (TPSA) is 50.4 Å². The fourth-order valence-corrected chi connectivity index (χ4v) is 2.13. The SMILES string of the molecule is COCC(C)CNC(=O)[C@H]1CCN[C@@H](C)C1. The first-order valence-electron chi connectivity index (χ1n) is 6.13. The van der Waals surface area contributed by atoms with E-state index in [-0.39, 0.29) is 11.8 Å². The highest BCUT2D eigenvalue weighted by Gasteiger charge is 2.24. The number of amides is 1. The van der Waals surface area contributed by atoms with Crippen LogP contribution in [0.1, 0.15) is 26.7 Å². The molecule has 0 bridgehead atoms. The van der Waals surface area contributed by atoms with E-state index >= 15 is 0 Å². The van der Waals surface area contributed by atoms with Crippen molar-refractivity contribution in [3.63, 3.8) is 0 Å². The van der Waals surface area contributed by atoms with E-state index in [1.54, 1.807) is 7.11 Å². The first-order valence-corrected chi connectivity index (χ1v) is 6.13. The molecule has 1 heterocycles. The maximum absolute atomic E-state index is 11.9. The molecule has 0 saturated carbocycles. The molecule has 1 unspecified atom stereocenters. The van der Waals surface area contributed by atoms with E-state index in [1.165, 1.54) is 0 Å². The summed E-state index contributed by atoms with van der Waals surface area (Å²) in [5, 5.41) is 6.36. The number of carbonyl (C=O) groups excluding carboxylic acids is 1. The van der Waals surface area contributed by atoms with Crippen LogP contribution in [0.3, 0.4) is 0 Å². The molecule has 94 valence electrons. The van der Waals surface area contributed by atoms with Crippen molar-refractivity contribution in [3.8, 4) is 0 Å². The largest absolute Gasteiger partial charge is 0.384 e. The fourth-order valence-electron chi connectivity index (χ4n) is 2.13. The van der Waals surface area contributed by atoms with Crippen molar-refractivity contribution in [2.24, 2.45) is 11.8 Å². The van der Waals surface area contributed by atoms with Gasteiger partial charge in [0.15, 0.2) is 0 Å². The van der Waals surface area contributed by atoms with E-state index in [0.29, 0.717) is 25.1 Å². The lowest BCUT2D eigenvalue weighted by molar-refractivity contribution is -0.126. The van der Waals surface area contributed by atoms with Gasteiger partial charge in [-0.2, -0.15) is 0 Å². The molecule has 0 aromatic rings. The summed E-state index contributed by atoms with van der Waals surface area (Å²) in [6.45, 7) is 6.57. The van der Waals surface area contributed by atoms with E-state index in [4.69, 9.17) is 4.74 Å². The molecule has 0 spiro atoms. The second-order valence-electron chi connectivity index (χ2n) is 4.88. The molecule has 1 fully saturated rings. The number of hydrogen-bond acceptors (Lipinski definition) is 3. The van der Waals surface area contributed by atoms with Gasteiger partial charge in [-0.25, -0.2) is 0 Å². The van der Waals surface area contributed by atoms with Gasteiger partial charge in [-0.3, -0.25) is 4.79 Å². The van der Waals surface area contributed by atoms with Crippen LogP contribution in [0.5, 0.6) is 0 Å². The van der Waals surface area contributed by atoms with Crippen molar-refractivity contribution < 1.29 is 9.53 Å². The molecule has 16 heavy (non-hydrogen) atoms. The highest BCUT2D eigenvalue weighted by Crippen LogP contribution is 2.15. The Bertz CT molecular complexity index is 221. The molecule has 0 aromatic carbocycles. The standard InChI is InChI=1S/C12H24N2O2/c1-9(8-16-3)7-14-12(15)11-4-5-13-10(2)6-11/h9-11,13H,4-8H2,1-3H3,(H,14,15)/t9?,10-,11-/m0/s1. The summed E-state index contributed by atoms with van der Waals surface area (Å²) in [4.78, 5) is 11.9. The van der Waals surface area contributed by atoms with E-state index < -0.39 is 0 Å². The Kier molecular flexibility index (Phi) is 5.77. The van der Waals surface area contributed by atoms with Gasteiger partial charge in [0.25, 0.3) is 0 Å². The third-order valence-electron chi connectivity index (χ3n) is 3.07. The molecular weight excluding hydrogens is 204 g/mol. The van der Waals surface area contributed by atoms with Crippen LogP contribution in [0, 0.1) is 11.8 Å². The highest BCUT2D eigenvalue weighted by atomic mass is 16.5. The molecule has 1 aliphatic rings. The van der Waals surface area contributed by atoms with Gasteiger partial charge >= 0.3 is 0 Å². The number of hydrogen-bond donors (Lipinski definition) is 2. The van der Waals surface area contributed by atoms with Crippen molar-refractivity contribution in [2.75, 3.05) is 26.8 Å². The Balaban J connectivity index is 2.23. The summed E-state index contributed by atoms with van der Waals surface area (Å²) in [6, 6.07) is 0.459. The van der Waals surface area contributed by atoms with Crippen molar-refractivity contribution in [1.82, 2.24) is 10.6 Å². The summed E-state index contributed by atoms with van der Waals surface area (Å²) >= 11 is 0. The Hall–Kier alpha value is -0.610. The normalized spacial score (nSPS) is 27.4. The van der Waals surface area contributed by atoms with E-state index in [1.807, 2.05) is 0 Å². The number of rotatable bonds is 5. The quantitative estimate of drug-likeness (QED) is 0.731. The maximum atomic E-state index is 11.9. The lowest BCUT2D eigenvalue weighted by Crippen LogP contribution is -2.43. The Morgan fingerprint density at radius 1 is 1.62 bits per heavy atom. The van der Waals surface area contributed by atoms with Crippen LogP contribution in [0.15, 0.2) is 0 Å². The molecule has 3 atom stereocenters. The minimum Gasteiger partial charge on any atom is -0.384 e. The monoisotopic (exact) mass is 228 g/mol. The highest BCUT2D eigenvalue weighted by molar-refractivity contribution is 5.78. The third kappa shape index (κ3) is 4.49. The molecule has 1 amide bonds. The van der Waals surface area contributed by atoms with E-state index in [2.05, 4.69) is 24.5 Å². The van der Waals surface area contributed by atoms with Crippen molar-refractivity contribution in [3.05, 3.63) is 0 Å². The van der Waals surface area contributed by atoms with Gasteiger partial charge in [-0.1, -0.05) is 6.92 Å². The molecule has 4 heteroatoms. The Labute approximate surface area is 98.1 Å². The molecule has 1 saturated heterocycles. The number of piperidine rings is 1. The van der Waals surface area contributed by atoms with Crippen LogP contribution in [0.2, 0.25) is 0 Å². The summed E-state index contributed by atoms with van der Waals surface area (Å²) < 4.78 is 5.04. The Morgan fingerprint density at radius 3 is 3.00 bits per heavy atom. The molecule has 0 radical (unpaired) electrons. The summed E-state index contributed by atoms with van der Waals surface area (Å²) in [6.07, 6.45) is 1.90. The Morgan fingerprint density at radius 2 is 2.38 bits per heavy atom. The second-order valence-corrected chi connectivity index (χ2v) is 4.88. The minimum absolute atomic E-state index is 0.186. The van der Waals surface area contributed by atoms with Crippen LogP contribution in [-0.2, 0) is 9.53 Å². The van der Waals surface area contributed by atoms with Crippen LogP contribution in [0.4, 0.5) is 0 Å². The zero-order valence-corrected chi connectivity index (χ0v) is 10.6. The second kappa shape index (κ2) is 6.86. The average molecular weight is 228 g/mol. The van der Waals surface area contributed by atoms with Gasteiger partial charge in [-0.05, 0) is 32.2 Å². The van der Waals surface area contributed by atoms with Crippen LogP contribution in [0.25, 0.3) is 0 Å². The number of ether oxygens (including phenoxy) is 1. The molecule has 0 aromatic heterocycles. The molecular formula is C12H24N2O2. The number of methoxy groups -OCH3 is 1. The molecule has 0 aliphatic carbocycles. The summed E-state index contributed by atoms with van der Waals surface area (Å²) in [5.41, 5.74) is 0. The van der Waals surface area contributed by atoms with Crippen molar-refractivity contribution in [2.45, 2.75) is 32.7 Å². The molecule has 1 aliphatic heterocycles. The van der Waals surface area contributed by atoms with Gasteiger partial charge in [0.1, 0.15) is 0 Å². The molecule has 1 rings (SSSR count). The summed E-state index contributed by atoms with van der Waals surface area (Å²) in [7, 11) is 1.69. The predicted octanol–water partition coefficient (Wildman–Crippen LogP) is 0.773. The summed E-state index contributed by atoms with van der Waals surface area (Å²) in [5.74, 6) is 0.774. The minimum atomic E-state index is 0.186. The van der Waals surface area contributed by atoms with Gasteiger partial charge in [0.2, 0.25) is 5.91 Å². The van der Waals surface area contributed by atoms with Crippen LogP contribution >= 0.6 is 0 Å². The molecule has 2 N–H and O–H groups in total. The first-order chi connectivity index (χ1) is 7.63. The third-order valence-corrected chi connectivity index (χ3v) is 3.07. The first kappa shape index (κ1) is 13.5.